The first kappa shape index (κ1) is 21.4. The Labute approximate surface area is 148 Å². The zero-order valence-corrected chi connectivity index (χ0v) is 17.7. The van der Waals surface area contributed by atoms with Gasteiger partial charge in [0.25, 0.3) is 0 Å². The fourth-order valence-corrected chi connectivity index (χ4v) is 3.55. The van der Waals surface area contributed by atoms with Gasteiger partial charge in [0.15, 0.2) is 8.32 Å². The molecule has 0 N–H and O–H groups in total. The fraction of sp³-hybridized carbons (Fsp3) is 0.944. The summed E-state index contributed by atoms with van der Waals surface area (Å²) >= 11 is 0. The summed E-state index contributed by atoms with van der Waals surface area (Å²) in [4.78, 5) is 14.0. The van der Waals surface area contributed by atoms with E-state index in [1.54, 1.807) is 4.90 Å². The molecule has 0 saturated carbocycles. The summed E-state index contributed by atoms with van der Waals surface area (Å²) in [5.41, 5.74) is -0.567. The number of ether oxygens (including phenoxy) is 1. The number of carbonyl (C=O) groups is 1. The molecule has 4 nitrogen and oxygen atoms in total. The van der Waals surface area contributed by atoms with Crippen molar-refractivity contribution in [3.8, 4) is 0 Å². The molecule has 0 spiro atoms. The van der Waals surface area contributed by atoms with Gasteiger partial charge in [-0.05, 0) is 58.2 Å². The molecule has 1 aliphatic heterocycles. The molecule has 24 heavy (non-hydrogen) atoms. The third-order valence-electron chi connectivity index (χ3n) is 5.00. The molecule has 1 rings (SSSR count). The molecular formula is C18H36FNO3Si. The summed E-state index contributed by atoms with van der Waals surface area (Å²) in [6, 6.07) is -0.00313. The lowest BCUT2D eigenvalue weighted by Gasteiger charge is -2.40. The van der Waals surface area contributed by atoms with Crippen molar-refractivity contribution in [2.24, 2.45) is 0 Å². The number of alkyl halides is 1. The summed E-state index contributed by atoms with van der Waals surface area (Å²) in [7, 11) is -1.80. The number of carbonyl (C=O) groups excluding carboxylic acids is 1. The van der Waals surface area contributed by atoms with E-state index in [1.165, 1.54) is 0 Å². The van der Waals surface area contributed by atoms with E-state index < -0.39 is 26.2 Å². The Morgan fingerprint density at radius 1 is 1.17 bits per heavy atom. The Bertz CT molecular complexity index is 429. The van der Waals surface area contributed by atoms with Crippen LogP contribution in [0.4, 0.5) is 9.18 Å². The van der Waals surface area contributed by atoms with Crippen LogP contribution >= 0.6 is 0 Å². The Morgan fingerprint density at radius 3 is 2.25 bits per heavy atom. The van der Waals surface area contributed by atoms with Crippen molar-refractivity contribution in [1.82, 2.24) is 4.90 Å². The molecule has 1 fully saturated rings. The van der Waals surface area contributed by atoms with Gasteiger partial charge in [0.1, 0.15) is 11.8 Å². The van der Waals surface area contributed by atoms with Crippen LogP contribution in [0, 0.1) is 0 Å². The minimum Gasteiger partial charge on any atom is -0.444 e. The van der Waals surface area contributed by atoms with Gasteiger partial charge in [-0.1, -0.05) is 20.8 Å². The molecule has 0 radical (unpaired) electrons. The molecule has 0 aromatic rings. The molecule has 6 heteroatoms. The Kier molecular flexibility index (Phi) is 6.90. The second-order valence-electron chi connectivity index (χ2n) is 9.36. The van der Waals surface area contributed by atoms with Crippen LogP contribution in [0.15, 0.2) is 0 Å². The summed E-state index contributed by atoms with van der Waals surface area (Å²) in [5.74, 6) is 0. The van der Waals surface area contributed by atoms with Gasteiger partial charge >= 0.3 is 6.09 Å². The van der Waals surface area contributed by atoms with Crippen LogP contribution in [0.1, 0.15) is 60.8 Å². The van der Waals surface area contributed by atoms with Crippen molar-refractivity contribution >= 4 is 14.4 Å². The predicted molar refractivity (Wildman–Crippen MR) is 98.6 cm³/mol. The van der Waals surface area contributed by atoms with E-state index in [2.05, 4.69) is 33.9 Å². The van der Waals surface area contributed by atoms with Crippen molar-refractivity contribution < 1.29 is 18.3 Å². The van der Waals surface area contributed by atoms with E-state index in [-0.39, 0.29) is 17.6 Å². The second kappa shape index (κ2) is 7.73. The summed E-state index contributed by atoms with van der Waals surface area (Å²) in [6.45, 7) is 17.3. The summed E-state index contributed by atoms with van der Waals surface area (Å²) in [6.07, 6.45) is 0.529. The molecule has 142 valence electrons. The van der Waals surface area contributed by atoms with E-state index >= 15 is 0 Å². The van der Waals surface area contributed by atoms with Gasteiger partial charge in [-0.3, -0.25) is 0 Å². The summed E-state index contributed by atoms with van der Waals surface area (Å²) in [5, 5.41) is 0.161. The highest BCUT2D eigenvalue weighted by molar-refractivity contribution is 6.74. The average Bonchev–Trinajstić information content (AvgIpc) is 2.36. The van der Waals surface area contributed by atoms with Crippen LogP contribution in [0.2, 0.25) is 18.1 Å². The lowest BCUT2D eigenvalue weighted by molar-refractivity contribution is -0.00366. The zero-order valence-electron chi connectivity index (χ0n) is 16.7. The van der Waals surface area contributed by atoms with Crippen LogP contribution in [0.5, 0.6) is 0 Å². The maximum Gasteiger partial charge on any atom is 0.410 e. The minimum atomic E-state index is -1.80. The van der Waals surface area contributed by atoms with Gasteiger partial charge in [0.2, 0.25) is 0 Å². The molecule has 0 aromatic heterocycles. The van der Waals surface area contributed by atoms with Crippen molar-refractivity contribution in [3.05, 3.63) is 0 Å². The molecule has 0 unspecified atom stereocenters. The largest absolute Gasteiger partial charge is 0.444 e. The maximum atomic E-state index is 13.8. The predicted octanol–water partition coefficient (Wildman–Crippen LogP) is 5.14. The molecule has 1 heterocycles. The zero-order chi connectivity index (χ0) is 18.8. The highest BCUT2D eigenvalue weighted by Gasteiger charge is 2.38. The topological polar surface area (TPSA) is 38.8 Å². The lowest BCUT2D eigenvalue weighted by Crippen LogP contribution is -2.50. The number of rotatable bonds is 4. The number of hydrogen-bond acceptors (Lipinski definition) is 3. The van der Waals surface area contributed by atoms with Crippen molar-refractivity contribution in [2.45, 2.75) is 96.8 Å². The van der Waals surface area contributed by atoms with E-state index in [9.17, 15) is 9.18 Å². The first-order valence-corrected chi connectivity index (χ1v) is 11.9. The summed E-state index contributed by atoms with van der Waals surface area (Å²) < 4.78 is 25.5. The lowest BCUT2D eigenvalue weighted by atomic mass is 9.99. The monoisotopic (exact) mass is 361 g/mol. The fourth-order valence-electron chi connectivity index (χ4n) is 2.49. The Hall–Kier alpha value is -0.623. The van der Waals surface area contributed by atoms with Crippen LogP contribution in [-0.4, -0.2) is 50.3 Å². The highest BCUT2D eigenvalue weighted by Crippen LogP contribution is 2.37. The van der Waals surface area contributed by atoms with Gasteiger partial charge in [0, 0.05) is 12.6 Å². The number of likely N-dealkylation sites (tertiary alicyclic amines) is 1. The standard InChI is InChI=1S/C18H36FNO3Si/c1-17(2,3)23-16(21)20-13-14(19)9-10-15(20)11-12-22-24(7,8)18(4,5)6/h14-15H,9-13H2,1-8H3/t14-,15-/m1/s1. The van der Waals surface area contributed by atoms with Gasteiger partial charge in [-0.25, -0.2) is 9.18 Å². The first-order valence-electron chi connectivity index (χ1n) is 9.00. The third kappa shape index (κ3) is 6.35. The Balaban J connectivity index is 2.65. The molecule has 0 aromatic carbocycles. The normalized spacial score (nSPS) is 23.3. The van der Waals surface area contributed by atoms with Crippen molar-refractivity contribution in [3.63, 3.8) is 0 Å². The number of nitrogens with zero attached hydrogens (tertiary/aromatic N) is 1. The smallest absolute Gasteiger partial charge is 0.410 e. The van der Waals surface area contributed by atoms with Crippen molar-refractivity contribution in [2.75, 3.05) is 13.2 Å². The quantitative estimate of drug-likeness (QED) is 0.651. The molecule has 1 saturated heterocycles. The minimum absolute atomic E-state index is 0.00313. The second-order valence-corrected chi connectivity index (χ2v) is 14.2. The first-order chi connectivity index (χ1) is 10.7. The van der Waals surface area contributed by atoms with Gasteiger partial charge in [0.05, 0.1) is 6.54 Å². The van der Waals surface area contributed by atoms with Gasteiger partial charge < -0.3 is 14.1 Å². The molecule has 1 amide bonds. The third-order valence-corrected chi connectivity index (χ3v) is 9.54. The van der Waals surface area contributed by atoms with E-state index in [0.29, 0.717) is 19.4 Å². The van der Waals surface area contributed by atoms with E-state index in [1.807, 2.05) is 20.8 Å². The molecule has 0 aliphatic carbocycles. The molecule has 2 atom stereocenters. The Morgan fingerprint density at radius 2 is 1.75 bits per heavy atom. The number of amides is 1. The van der Waals surface area contributed by atoms with E-state index in [4.69, 9.17) is 9.16 Å². The van der Waals surface area contributed by atoms with Crippen LogP contribution in [0.25, 0.3) is 0 Å². The average molecular weight is 362 g/mol. The molecule has 0 bridgehead atoms. The van der Waals surface area contributed by atoms with Gasteiger partial charge in [-0.2, -0.15) is 0 Å². The number of hydrogen-bond donors (Lipinski definition) is 0. The van der Waals surface area contributed by atoms with Crippen molar-refractivity contribution in [1.29, 1.82) is 0 Å². The van der Waals surface area contributed by atoms with E-state index in [0.717, 1.165) is 6.42 Å². The number of piperidine rings is 1. The molecular weight excluding hydrogens is 325 g/mol. The van der Waals surface area contributed by atoms with Gasteiger partial charge in [-0.15, -0.1) is 0 Å². The highest BCUT2D eigenvalue weighted by atomic mass is 28.4. The maximum absolute atomic E-state index is 13.8. The molecule has 1 aliphatic rings. The van der Waals surface area contributed by atoms with Crippen LogP contribution < -0.4 is 0 Å². The van der Waals surface area contributed by atoms with Crippen LogP contribution in [-0.2, 0) is 9.16 Å². The number of halogens is 1. The van der Waals surface area contributed by atoms with Crippen LogP contribution in [0.3, 0.4) is 0 Å². The SMILES string of the molecule is CC(C)(C)OC(=O)N1C[C@H](F)CC[C@@H]1CCO[Si](C)(C)C(C)(C)C.